The van der Waals surface area contributed by atoms with Gasteiger partial charge in [-0.25, -0.2) is 5.43 Å². The summed E-state index contributed by atoms with van der Waals surface area (Å²) < 4.78 is 6.02. The number of methoxy groups -OCH3 is 1. The fourth-order valence-corrected chi connectivity index (χ4v) is 2.42. The molecule has 0 heterocycles. The van der Waals surface area contributed by atoms with E-state index in [9.17, 15) is 4.79 Å². The van der Waals surface area contributed by atoms with Crippen molar-refractivity contribution in [1.82, 2.24) is 5.43 Å². The minimum Gasteiger partial charge on any atom is -0.496 e. The molecule has 23 heavy (non-hydrogen) atoms. The van der Waals surface area contributed by atoms with E-state index in [1.165, 1.54) is 0 Å². The van der Waals surface area contributed by atoms with E-state index in [2.05, 4.69) is 31.8 Å². The van der Waals surface area contributed by atoms with Gasteiger partial charge in [0.25, 0.3) is 5.91 Å². The summed E-state index contributed by atoms with van der Waals surface area (Å²) in [6.45, 7) is 1.99. The van der Waals surface area contributed by atoms with Crippen LogP contribution in [-0.4, -0.2) is 25.3 Å². The number of para-hydroxylation sites is 1. The van der Waals surface area contributed by atoms with Crippen LogP contribution in [0.25, 0.3) is 0 Å². The number of hydrazone groups is 1. The van der Waals surface area contributed by atoms with E-state index in [4.69, 9.17) is 4.74 Å². The first-order valence-corrected chi connectivity index (χ1v) is 7.85. The maximum absolute atomic E-state index is 11.8. The summed E-state index contributed by atoms with van der Waals surface area (Å²) in [6, 6.07) is 15.2. The van der Waals surface area contributed by atoms with Crippen LogP contribution in [0.2, 0.25) is 0 Å². The summed E-state index contributed by atoms with van der Waals surface area (Å²) in [7, 11) is 1.61. The number of ether oxygens (including phenoxy) is 1. The standard InChI is InChI=1S/C17H18BrN3O2/c1-12(13-8-9-16(23-2)15(18)10-13)20-21-17(22)11-19-14-6-4-3-5-7-14/h3-10,19H,11H2,1-2H3,(H,21,22)/b20-12-. The van der Waals surface area contributed by atoms with Crippen molar-refractivity contribution >= 4 is 33.2 Å². The summed E-state index contributed by atoms with van der Waals surface area (Å²) in [6.07, 6.45) is 0. The minimum atomic E-state index is -0.208. The Morgan fingerprint density at radius 3 is 2.61 bits per heavy atom. The van der Waals surface area contributed by atoms with Crippen molar-refractivity contribution in [3.8, 4) is 5.75 Å². The maximum atomic E-state index is 11.8. The molecule has 0 aliphatic rings. The zero-order chi connectivity index (χ0) is 16.7. The van der Waals surface area contributed by atoms with Crippen LogP contribution in [-0.2, 0) is 4.79 Å². The molecule has 2 aromatic carbocycles. The Morgan fingerprint density at radius 1 is 1.22 bits per heavy atom. The first-order valence-electron chi connectivity index (χ1n) is 7.06. The third-order valence-corrected chi connectivity index (χ3v) is 3.76. The molecule has 0 aliphatic heterocycles. The van der Waals surface area contributed by atoms with Crippen molar-refractivity contribution in [3.63, 3.8) is 0 Å². The fourth-order valence-electron chi connectivity index (χ4n) is 1.88. The Balaban J connectivity index is 1.91. The number of amides is 1. The van der Waals surface area contributed by atoms with Crippen LogP contribution < -0.4 is 15.5 Å². The zero-order valence-electron chi connectivity index (χ0n) is 13.0. The van der Waals surface area contributed by atoms with E-state index in [-0.39, 0.29) is 12.5 Å². The van der Waals surface area contributed by atoms with Crippen LogP contribution in [0, 0.1) is 0 Å². The Labute approximate surface area is 143 Å². The topological polar surface area (TPSA) is 62.7 Å². The van der Waals surface area contributed by atoms with E-state index in [1.54, 1.807) is 7.11 Å². The second-order valence-electron chi connectivity index (χ2n) is 4.80. The highest BCUT2D eigenvalue weighted by Gasteiger charge is 2.05. The Bertz CT molecular complexity index is 702. The van der Waals surface area contributed by atoms with Gasteiger partial charge in [0, 0.05) is 5.69 Å². The summed E-state index contributed by atoms with van der Waals surface area (Å²) in [4.78, 5) is 11.8. The van der Waals surface area contributed by atoms with Crippen LogP contribution in [0.4, 0.5) is 5.69 Å². The molecule has 0 aromatic heterocycles. The quantitative estimate of drug-likeness (QED) is 0.600. The van der Waals surface area contributed by atoms with Crippen LogP contribution in [0.5, 0.6) is 5.75 Å². The molecule has 6 heteroatoms. The highest BCUT2D eigenvalue weighted by Crippen LogP contribution is 2.25. The van der Waals surface area contributed by atoms with E-state index in [0.717, 1.165) is 21.5 Å². The number of carbonyl (C=O) groups excluding carboxylic acids is 1. The van der Waals surface area contributed by atoms with Gasteiger partial charge >= 0.3 is 0 Å². The molecule has 2 N–H and O–H groups in total. The molecule has 0 atom stereocenters. The highest BCUT2D eigenvalue weighted by molar-refractivity contribution is 9.10. The number of nitrogens with zero attached hydrogens (tertiary/aromatic N) is 1. The highest BCUT2D eigenvalue weighted by atomic mass is 79.9. The number of carbonyl (C=O) groups is 1. The molecular weight excluding hydrogens is 358 g/mol. The molecule has 1 amide bonds. The third-order valence-electron chi connectivity index (χ3n) is 3.14. The van der Waals surface area contributed by atoms with Gasteiger partial charge in [-0.15, -0.1) is 0 Å². The SMILES string of the molecule is COc1ccc(/C(C)=N\NC(=O)CNc2ccccc2)cc1Br. The lowest BCUT2D eigenvalue weighted by atomic mass is 10.1. The molecule has 2 rings (SSSR count). The third kappa shape index (κ3) is 5.10. The summed E-state index contributed by atoms with van der Waals surface area (Å²) in [5.74, 6) is 0.540. The molecule has 0 saturated carbocycles. The molecule has 0 aliphatic carbocycles. The largest absolute Gasteiger partial charge is 0.496 e. The summed E-state index contributed by atoms with van der Waals surface area (Å²) in [5, 5.41) is 7.15. The second kappa shape index (κ2) is 8.33. The van der Waals surface area contributed by atoms with Gasteiger partial charge in [-0.05, 0) is 58.7 Å². The number of benzene rings is 2. The lowest BCUT2D eigenvalue weighted by Gasteiger charge is -2.07. The van der Waals surface area contributed by atoms with Gasteiger partial charge in [0.1, 0.15) is 5.75 Å². The van der Waals surface area contributed by atoms with Crippen molar-refractivity contribution in [3.05, 3.63) is 58.6 Å². The lowest BCUT2D eigenvalue weighted by Crippen LogP contribution is -2.26. The molecule has 120 valence electrons. The number of halogens is 1. The van der Waals surface area contributed by atoms with E-state index in [0.29, 0.717) is 5.71 Å². The van der Waals surface area contributed by atoms with Crippen molar-refractivity contribution in [2.24, 2.45) is 5.10 Å². The number of hydrogen-bond donors (Lipinski definition) is 2. The first kappa shape index (κ1) is 17.0. The number of hydrogen-bond acceptors (Lipinski definition) is 4. The van der Waals surface area contributed by atoms with E-state index in [1.807, 2.05) is 55.5 Å². The molecular formula is C17H18BrN3O2. The molecule has 0 spiro atoms. The first-order chi connectivity index (χ1) is 11.1. The number of rotatable bonds is 6. The smallest absolute Gasteiger partial charge is 0.259 e. The second-order valence-corrected chi connectivity index (χ2v) is 5.66. The molecule has 0 radical (unpaired) electrons. The monoisotopic (exact) mass is 375 g/mol. The van der Waals surface area contributed by atoms with Crippen LogP contribution >= 0.6 is 15.9 Å². The Morgan fingerprint density at radius 2 is 1.96 bits per heavy atom. The van der Waals surface area contributed by atoms with Gasteiger partial charge in [0.2, 0.25) is 0 Å². The van der Waals surface area contributed by atoms with Gasteiger partial charge in [0.05, 0.1) is 23.8 Å². The maximum Gasteiger partial charge on any atom is 0.259 e. The fraction of sp³-hybridized carbons (Fsp3) is 0.176. The average molecular weight is 376 g/mol. The molecule has 0 fully saturated rings. The number of nitrogens with one attached hydrogen (secondary N) is 2. The van der Waals surface area contributed by atoms with Gasteiger partial charge in [-0.2, -0.15) is 5.10 Å². The summed E-state index contributed by atoms with van der Waals surface area (Å²) >= 11 is 3.43. The predicted octanol–water partition coefficient (Wildman–Crippen LogP) is 3.41. The van der Waals surface area contributed by atoms with Crippen molar-refractivity contribution in [1.29, 1.82) is 0 Å². The summed E-state index contributed by atoms with van der Waals surface area (Å²) in [5.41, 5.74) is 5.04. The van der Waals surface area contributed by atoms with Gasteiger partial charge in [-0.3, -0.25) is 4.79 Å². The lowest BCUT2D eigenvalue weighted by molar-refractivity contribution is -0.119. The molecule has 0 saturated heterocycles. The van der Waals surface area contributed by atoms with Crippen molar-refractivity contribution in [2.45, 2.75) is 6.92 Å². The van der Waals surface area contributed by atoms with E-state index >= 15 is 0 Å². The van der Waals surface area contributed by atoms with E-state index < -0.39 is 0 Å². The zero-order valence-corrected chi connectivity index (χ0v) is 14.6. The molecule has 0 bridgehead atoms. The molecule has 2 aromatic rings. The van der Waals surface area contributed by atoms with Crippen molar-refractivity contribution < 1.29 is 9.53 Å². The average Bonchev–Trinajstić information content (AvgIpc) is 2.58. The number of anilines is 1. The van der Waals surface area contributed by atoms with Crippen LogP contribution in [0.1, 0.15) is 12.5 Å². The van der Waals surface area contributed by atoms with Crippen LogP contribution in [0.3, 0.4) is 0 Å². The predicted molar refractivity (Wildman–Crippen MR) is 96.0 cm³/mol. The Hall–Kier alpha value is -2.34. The van der Waals surface area contributed by atoms with Gasteiger partial charge < -0.3 is 10.1 Å². The van der Waals surface area contributed by atoms with Crippen LogP contribution in [0.15, 0.2) is 58.1 Å². The van der Waals surface area contributed by atoms with Gasteiger partial charge in [0.15, 0.2) is 0 Å². The van der Waals surface area contributed by atoms with Crippen molar-refractivity contribution in [2.75, 3.05) is 19.0 Å². The Kier molecular flexibility index (Phi) is 6.17. The normalized spacial score (nSPS) is 11.0. The molecule has 0 unspecified atom stereocenters. The van der Waals surface area contributed by atoms with Gasteiger partial charge in [-0.1, -0.05) is 18.2 Å². The minimum absolute atomic E-state index is 0.160. The molecule has 5 nitrogen and oxygen atoms in total.